The number of rotatable bonds is 14. The predicted molar refractivity (Wildman–Crippen MR) is 158 cm³/mol. The van der Waals surface area contributed by atoms with E-state index in [4.69, 9.17) is 18.9 Å². The molecule has 13 heteroatoms. The van der Waals surface area contributed by atoms with Crippen LogP contribution in [0, 0.1) is 0 Å². The maximum absolute atomic E-state index is 13.1. The summed E-state index contributed by atoms with van der Waals surface area (Å²) in [6.45, 7) is 1.90. The summed E-state index contributed by atoms with van der Waals surface area (Å²) in [7, 11) is 3.21. The second-order valence-corrected chi connectivity index (χ2v) is 9.74. The van der Waals surface area contributed by atoms with Gasteiger partial charge in [0.15, 0.2) is 11.5 Å². The van der Waals surface area contributed by atoms with Gasteiger partial charge in [0.05, 0.1) is 30.5 Å². The van der Waals surface area contributed by atoms with Crippen LogP contribution < -0.4 is 14.8 Å². The van der Waals surface area contributed by atoms with Crippen molar-refractivity contribution in [1.82, 2.24) is 25.0 Å². The van der Waals surface area contributed by atoms with E-state index < -0.39 is 11.7 Å². The Bertz CT molecular complexity index is 1700. The van der Waals surface area contributed by atoms with Crippen LogP contribution in [-0.2, 0) is 28.6 Å². The van der Waals surface area contributed by atoms with Gasteiger partial charge in [0.2, 0.25) is 0 Å². The van der Waals surface area contributed by atoms with Crippen LogP contribution in [0.1, 0.15) is 11.1 Å². The van der Waals surface area contributed by atoms with Crippen molar-refractivity contribution in [3.05, 3.63) is 84.3 Å². The van der Waals surface area contributed by atoms with E-state index >= 15 is 0 Å². The molecule has 0 radical (unpaired) electrons. The molecule has 0 atom stereocenters. The average molecular weight is 609 g/mol. The Balaban J connectivity index is 1.32. The van der Waals surface area contributed by atoms with Crippen LogP contribution in [-0.4, -0.2) is 65.6 Å². The van der Waals surface area contributed by atoms with E-state index in [2.05, 4.69) is 25.6 Å². The molecule has 44 heavy (non-hydrogen) atoms. The minimum atomic E-state index is -4.38. The summed E-state index contributed by atoms with van der Waals surface area (Å²) in [4.78, 5) is 8.87. The molecule has 0 saturated carbocycles. The number of hydrogen-bond donors (Lipinski definition) is 1. The van der Waals surface area contributed by atoms with E-state index in [9.17, 15) is 13.2 Å². The van der Waals surface area contributed by atoms with E-state index in [0.29, 0.717) is 73.5 Å². The van der Waals surface area contributed by atoms with Crippen molar-refractivity contribution in [1.29, 1.82) is 0 Å². The lowest BCUT2D eigenvalue weighted by Gasteiger charge is -2.15. The summed E-state index contributed by atoms with van der Waals surface area (Å²) in [5, 5.41) is 12.5. The molecule has 0 spiro atoms. The third-order valence-electron chi connectivity index (χ3n) is 6.63. The minimum absolute atomic E-state index is 0.335. The maximum atomic E-state index is 13.1. The highest BCUT2D eigenvalue weighted by atomic mass is 19.4. The van der Waals surface area contributed by atoms with E-state index in [1.165, 1.54) is 12.4 Å². The van der Waals surface area contributed by atoms with E-state index in [0.717, 1.165) is 28.8 Å². The highest BCUT2D eigenvalue weighted by molar-refractivity contribution is 5.93. The number of alkyl halides is 3. The third-order valence-corrected chi connectivity index (χ3v) is 6.63. The number of benzene rings is 3. The quantitative estimate of drug-likeness (QED) is 0.153. The van der Waals surface area contributed by atoms with Gasteiger partial charge in [-0.2, -0.15) is 13.2 Å². The molecule has 3 aromatic carbocycles. The molecular formula is C31H31F3N6O4. The first-order chi connectivity index (χ1) is 21.3. The van der Waals surface area contributed by atoms with E-state index in [1.54, 1.807) is 37.2 Å². The Labute approximate surface area is 251 Å². The van der Waals surface area contributed by atoms with Gasteiger partial charge in [-0.1, -0.05) is 35.5 Å². The molecule has 0 amide bonds. The first-order valence-corrected chi connectivity index (χ1v) is 13.8. The lowest BCUT2D eigenvalue weighted by Crippen LogP contribution is -2.09. The summed E-state index contributed by atoms with van der Waals surface area (Å²) in [5.74, 6) is 1.63. The molecule has 5 aromatic rings. The second kappa shape index (κ2) is 14.1. The Kier molecular flexibility index (Phi) is 9.87. The Hall–Kier alpha value is -4.75. The number of hydrogen-bond acceptors (Lipinski definition) is 9. The minimum Gasteiger partial charge on any atom is -0.487 e. The molecule has 0 saturated heterocycles. The van der Waals surface area contributed by atoms with Crippen molar-refractivity contribution in [3.63, 3.8) is 0 Å². The molecule has 0 unspecified atom stereocenters. The highest BCUT2D eigenvalue weighted by Gasteiger charge is 2.30. The second-order valence-electron chi connectivity index (χ2n) is 9.74. The van der Waals surface area contributed by atoms with Crippen LogP contribution in [0.4, 0.5) is 24.7 Å². The average Bonchev–Trinajstić information content (AvgIpc) is 3.50. The first kappa shape index (κ1) is 30.7. The number of nitrogens with zero attached hydrogens (tertiary/aromatic N) is 5. The van der Waals surface area contributed by atoms with Crippen LogP contribution in [0.3, 0.4) is 0 Å². The Morgan fingerprint density at radius 1 is 0.841 bits per heavy atom. The lowest BCUT2D eigenvalue weighted by molar-refractivity contribution is -0.137. The largest absolute Gasteiger partial charge is 0.487 e. The summed E-state index contributed by atoms with van der Waals surface area (Å²) < 4.78 is 62.8. The van der Waals surface area contributed by atoms with Gasteiger partial charge in [0.25, 0.3) is 0 Å². The molecule has 0 aliphatic carbocycles. The van der Waals surface area contributed by atoms with Gasteiger partial charge in [0, 0.05) is 43.5 Å². The first-order valence-electron chi connectivity index (χ1n) is 13.8. The van der Waals surface area contributed by atoms with Gasteiger partial charge in [0.1, 0.15) is 31.1 Å². The van der Waals surface area contributed by atoms with Gasteiger partial charge < -0.3 is 24.3 Å². The molecule has 5 rings (SSSR count). The third kappa shape index (κ3) is 7.79. The molecule has 0 fully saturated rings. The molecule has 230 valence electrons. The number of ether oxygens (including phenoxy) is 4. The van der Waals surface area contributed by atoms with Crippen molar-refractivity contribution in [3.8, 4) is 22.8 Å². The molecule has 10 nitrogen and oxygen atoms in total. The van der Waals surface area contributed by atoms with Crippen LogP contribution in [0.5, 0.6) is 11.5 Å². The monoisotopic (exact) mass is 608 g/mol. The van der Waals surface area contributed by atoms with Gasteiger partial charge in [-0.3, -0.25) is 4.68 Å². The number of anilines is 2. The van der Waals surface area contributed by atoms with Gasteiger partial charge in [-0.05, 0) is 36.2 Å². The van der Waals surface area contributed by atoms with Crippen molar-refractivity contribution >= 4 is 22.4 Å². The van der Waals surface area contributed by atoms with E-state index in [1.807, 2.05) is 30.3 Å². The smallest absolute Gasteiger partial charge is 0.416 e. The van der Waals surface area contributed by atoms with Gasteiger partial charge in [-0.25, -0.2) is 9.97 Å². The zero-order valence-corrected chi connectivity index (χ0v) is 24.2. The van der Waals surface area contributed by atoms with Crippen molar-refractivity contribution < 1.29 is 32.1 Å². The summed E-state index contributed by atoms with van der Waals surface area (Å²) >= 11 is 0. The zero-order chi connectivity index (χ0) is 30.9. The SMILES string of the molecule is COCCOc1cc2ncnc(Nc3cccc(-c4cn(CCc5cccc(C(F)(F)F)c5)nn4)c3)c2cc1OCCOC. The standard InChI is InChI=1S/C31H31F3N6O4/c1-41-11-13-43-28-17-25-26(18-29(28)44-14-12-42-2)35-20-36-30(25)37-24-8-4-6-22(16-24)27-19-40(39-38-27)10-9-21-5-3-7-23(15-21)31(32,33)34/h3-8,15-20H,9-14H2,1-2H3,(H,35,36,37). The number of aryl methyl sites for hydroxylation is 2. The molecule has 2 heterocycles. The Morgan fingerprint density at radius 3 is 2.34 bits per heavy atom. The molecule has 2 aromatic heterocycles. The number of aromatic nitrogens is 5. The molecular weight excluding hydrogens is 577 g/mol. The normalized spacial score (nSPS) is 11.6. The number of methoxy groups -OCH3 is 2. The maximum Gasteiger partial charge on any atom is 0.416 e. The van der Waals surface area contributed by atoms with Crippen molar-refractivity contribution in [2.24, 2.45) is 0 Å². The van der Waals surface area contributed by atoms with Crippen LogP contribution >= 0.6 is 0 Å². The van der Waals surface area contributed by atoms with E-state index in [-0.39, 0.29) is 0 Å². The molecule has 1 N–H and O–H groups in total. The molecule has 0 aliphatic rings. The summed E-state index contributed by atoms with van der Waals surface area (Å²) in [6.07, 6.45) is -0.767. The zero-order valence-electron chi connectivity index (χ0n) is 24.2. The highest BCUT2D eigenvalue weighted by Crippen LogP contribution is 2.35. The summed E-state index contributed by atoms with van der Waals surface area (Å²) in [6, 6.07) is 16.5. The fourth-order valence-electron chi connectivity index (χ4n) is 4.44. The fraction of sp³-hybridized carbons (Fsp3) is 0.290. The molecule has 0 aliphatic heterocycles. The number of nitrogens with one attached hydrogen (secondary N) is 1. The molecule has 0 bridgehead atoms. The fourth-order valence-corrected chi connectivity index (χ4v) is 4.44. The Morgan fingerprint density at radius 2 is 1.59 bits per heavy atom. The van der Waals surface area contributed by atoms with Gasteiger partial charge >= 0.3 is 6.18 Å². The summed E-state index contributed by atoms with van der Waals surface area (Å²) in [5.41, 5.74) is 2.74. The van der Waals surface area contributed by atoms with Crippen LogP contribution in [0.2, 0.25) is 0 Å². The van der Waals surface area contributed by atoms with Crippen molar-refractivity contribution in [2.45, 2.75) is 19.1 Å². The van der Waals surface area contributed by atoms with Crippen LogP contribution in [0.25, 0.3) is 22.2 Å². The topological polar surface area (TPSA) is 105 Å². The van der Waals surface area contributed by atoms with Crippen molar-refractivity contribution in [2.75, 3.05) is 46.0 Å². The number of halogens is 3. The number of fused-ring (bicyclic) bond motifs is 1. The lowest BCUT2D eigenvalue weighted by atomic mass is 10.1. The van der Waals surface area contributed by atoms with Crippen LogP contribution in [0.15, 0.2) is 73.2 Å². The van der Waals surface area contributed by atoms with Gasteiger partial charge in [-0.15, -0.1) is 5.10 Å². The predicted octanol–water partition coefficient (Wildman–Crippen LogP) is 5.94.